The van der Waals surface area contributed by atoms with E-state index in [1.165, 1.54) is 0 Å². The minimum absolute atomic E-state index is 0.0640. The van der Waals surface area contributed by atoms with Gasteiger partial charge in [-0.15, -0.1) is 24.9 Å². The minimum atomic E-state index is -0.817. The Morgan fingerprint density at radius 3 is 2.23 bits per heavy atom. The molecule has 1 spiro atoms. The van der Waals surface area contributed by atoms with Crippen LogP contribution in [0.1, 0.15) is 52.5 Å². The number of hydrogen-bond acceptors (Lipinski definition) is 6. The molecule has 3 heterocycles. The van der Waals surface area contributed by atoms with Gasteiger partial charge in [0.1, 0.15) is 6.04 Å². The van der Waals surface area contributed by atoms with Crippen LogP contribution in [0.3, 0.4) is 0 Å². The Morgan fingerprint density at radius 1 is 1.00 bits per heavy atom. The van der Waals surface area contributed by atoms with E-state index in [0.717, 1.165) is 36.4 Å². The maximum Gasteiger partial charge on any atom is 0.251 e. The van der Waals surface area contributed by atoms with E-state index in [9.17, 15) is 14.7 Å². The summed E-state index contributed by atoms with van der Waals surface area (Å²) in [6.45, 7) is 18.8. The lowest BCUT2D eigenvalue weighted by molar-refractivity contribution is -0.145. The highest BCUT2D eigenvalue weighted by molar-refractivity contribution is 8.02. The van der Waals surface area contributed by atoms with Crippen molar-refractivity contribution in [2.45, 2.75) is 75.6 Å². The van der Waals surface area contributed by atoms with Crippen molar-refractivity contribution >= 4 is 40.9 Å². The lowest BCUT2D eigenvalue weighted by atomic mass is 9.70. The van der Waals surface area contributed by atoms with Crippen LogP contribution in [0.15, 0.2) is 79.9 Å². The van der Waals surface area contributed by atoms with Crippen LogP contribution in [-0.4, -0.2) is 87.5 Å². The van der Waals surface area contributed by atoms with Gasteiger partial charge in [-0.3, -0.25) is 14.4 Å². The molecule has 2 bridgehead atoms. The third kappa shape index (κ3) is 6.56. The summed E-state index contributed by atoms with van der Waals surface area (Å²) in [5, 5.41) is 10.7. The number of hydrogen-bond donors (Lipinski definition) is 1. The number of carbonyl (C=O) groups is 3. The van der Waals surface area contributed by atoms with Crippen molar-refractivity contribution in [3.05, 3.63) is 85.5 Å². The molecule has 3 fully saturated rings. The Kier molecular flexibility index (Phi) is 11.4. The zero-order valence-electron chi connectivity index (χ0n) is 29.0. The second kappa shape index (κ2) is 15.3. The molecule has 2 aromatic rings. The Labute approximate surface area is 290 Å². The Hall–Kier alpha value is -3.56. The quantitative estimate of drug-likeness (QED) is 0.228. The van der Waals surface area contributed by atoms with E-state index in [1.54, 1.807) is 38.6 Å². The van der Waals surface area contributed by atoms with E-state index < -0.39 is 28.7 Å². The number of aliphatic hydroxyl groups excluding tert-OH is 1. The number of rotatable bonds is 16. The molecule has 9 heteroatoms. The lowest BCUT2D eigenvalue weighted by Crippen LogP contribution is -2.58. The van der Waals surface area contributed by atoms with E-state index >= 15 is 4.79 Å². The molecule has 0 aromatic heterocycles. The minimum Gasteiger partial charge on any atom is -0.394 e. The van der Waals surface area contributed by atoms with Gasteiger partial charge in [-0.1, -0.05) is 56.3 Å². The van der Waals surface area contributed by atoms with Crippen LogP contribution in [0.5, 0.6) is 0 Å². The predicted octanol–water partition coefficient (Wildman–Crippen LogP) is 5.76. The third-order valence-electron chi connectivity index (χ3n) is 10.3. The van der Waals surface area contributed by atoms with Crippen LogP contribution in [0.4, 0.5) is 11.4 Å². The van der Waals surface area contributed by atoms with Gasteiger partial charge < -0.3 is 24.7 Å². The van der Waals surface area contributed by atoms with Crippen molar-refractivity contribution in [1.29, 1.82) is 0 Å². The first-order valence-corrected chi connectivity index (χ1v) is 18.3. The number of benzene rings is 2. The highest BCUT2D eigenvalue weighted by Crippen LogP contribution is 2.67. The number of thioether (sulfide) groups is 1. The van der Waals surface area contributed by atoms with Gasteiger partial charge in [0.2, 0.25) is 11.8 Å². The van der Waals surface area contributed by atoms with Crippen LogP contribution >= 0.6 is 11.8 Å². The molecule has 3 aliphatic rings. The molecule has 48 heavy (non-hydrogen) atoms. The van der Waals surface area contributed by atoms with Gasteiger partial charge in [-0.05, 0) is 68.9 Å². The predicted molar refractivity (Wildman–Crippen MR) is 196 cm³/mol. The summed E-state index contributed by atoms with van der Waals surface area (Å²) in [6.07, 6.45) is 5.42. The first kappa shape index (κ1) is 35.7. The summed E-state index contributed by atoms with van der Waals surface area (Å²) in [6, 6.07) is 16.5. The maximum atomic E-state index is 15.1. The summed E-state index contributed by atoms with van der Waals surface area (Å²) in [4.78, 5) is 51.9. The maximum absolute atomic E-state index is 15.1. The summed E-state index contributed by atoms with van der Waals surface area (Å²) >= 11 is 1.66. The summed E-state index contributed by atoms with van der Waals surface area (Å²) in [5.74, 6) is -1.45. The van der Waals surface area contributed by atoms with Gasteiger partial charge in [-0.2, -0.15) is 0 Å². The fraction of sp³-hybridized carbons (Fsp3) is 0.513. The fourth-order valence-corrected chi connectivity index (χ4v) is 10.5. The number of aliphatic hydroxyl groups is 1. The fourth-order valence-electron chi connectivity index (χ4n) is 8.30. The Balaban J connectivity index is 1.55. The van der Waals surface area contributed by atoms with Crippen molar-refractivity contribution < 1.29 is 19.5 Å². The first-order chi connectivity index (χ1) is 23.1. The van der Waals surface area contributed by atoms with Crippen molar-refractivity contribution in [2.75, 3.05) is 42.6 Å². The summed E-state index contributed by atoms with van der Waals surface area (Å²) in [5.41, 5.74) is 2.82. The van der Waals surface area contributed by atoms with Crippen molar-refractivity contribution in [3.8, 4) is 0 Å². The largest absolute Gasteiger partial charge is 0.394 e. The van der Waals surface area contributed by atoms with Crippen molar-refractivity contribution in [1.82, 2.24) is 9.80 Å². The zero-order valence-corrected chi connectivity index (χ0v) is 29.8. The zero-order chi connectivity index (χ0) is 34.6. The second-order valence-electron chi connectivity index (χ2n) is 13.7. The van der Waals surface area contributed by atoms with E-state index in [1.807, 2.05) is 54.6 Å². The molecule has 3 aliphatic heterocycles. The lowest BCUT2D eigenvalue weighted by Gasteiger charge is -2.40. The summed E-state index contributed by atoms with van der Waals surface area (Å²) < 4.78 is -0.767. The number of likely N-dealkylation sites (tertiary alicyclic amines) is 1. The highest BCUT2D eigenvalue weighted by atomic mass is 32.2. The number of carbonyl (C=O) groups excluding carboxylic acids is 3. The van der Waals surface area contributed by atoms with Crippen LogP contribution in [0.2, 0.25) is 0 Å². The van der Waals surface area contributed by atoms with Gasteiger partial charge in [0.15, 0.2) is 0 Å². The standard InChI is InChI=1S/C39H52N4O4S/c1-7-22-41(25-28-14-12-11-13-15-28)36(45)33-32-20-21-39(48-32)34(33)37(46)43(31(26-44)24-27(5)6)35(39)38(47)42(23-8-2)30-18-16-29(17-19-30)40(9-3)10-4/h7-8,11-19,27,31-35,44H,1-2,9-10,20-26H2,3-6H3/t31-,32+,33-,34+,35?,39?/m1/s1. The highest BCUT2D eigenvalue weighted by Gasteiger charge is 2.74. The van der Waals surface area contributed by atoms with E-state index in [2.05, 4.69) is 45.8 Å². The average molecular weight is 673 g/mol. The van der Waals surface area contributed by atoms with Crippen LogP contribution in [0.25, 0.3) is 0 Å². The van der Waals surface area contributed by atoms with Gasteiger partial charge in [-0.25, -0.2) is 0 Å². The van der Waals surface area contributed by atoms with E-state index in [4.69, 9.17) is 0 Å². The monoisotopic (exact) mass is 672 g/mol. The van der Waals surface area contributed by atoms with Crippen molar-refractivity contribution in [2.24, 2.45) is 17.8 Å². The topological polar surface area (TPSA) is 84.4 Å². The molecule has 1 N–H and O–H groups in total. The van der Waals surface area contributed by atoms with Gasteiger partial charge in [0.25, 0.3) is 5.91 Å². The number of anilines is 2. The van der Waals surface area contributed by atoms with Crippen LogP contribution < -0.4 is 9.80 Å². The van der Waals surface area contributed by atoms with Gasteiger partial charge in [0.05, 0.1) is 29.2 Å². The average Bonchev–Trinajstić information content (AvgIpc) is 3.74. The second-order valence-corrected chi connectivity index (χ2v) is 15.3. The van der Waals surface area contributed by atoms with Crippen LogP contribution in [0, 0.1) is 17.8 Å². The molecule has 2 aromatic carbocycles. The molecule has 8 nitrogen and oxygen atoms in total. The Morgan fingerprint density at radius 2 is 1.65 bits per heavy atom. The number of fused-ring (bicyclic) bond motifs is 1. The van der Waals surface area contributed by atoms with Gasteiger partial charge >= 0.3 is 0 Å². The molecule has 5 rings (SSSR count). The molecule has 3 amide bonds. The summed E-state index contributed by atoms with van der Waals surface area (Å²) in [7, 11) is 0. The number of nitrogens with zero attached hydrogens (tertiary/aromatic N) is 4. The smallest absolute Gasteiger partial charge is 0.251 e. The molecule has 3 saturated heterocycles. The van der Waals surface area contributed by atoms with Gasteiger partial charge in [0, 0.05) is 49.3 Å². The molecule has 0 radical (unpaired) electrons. The molecule has 258 valence electrons. The molecule has 0 aliphatic carbocycles. The van der Waals surface area contributed by atoms with E-state index in [-0.39, 0.29) is 42.0 Å². The third-order valence-corrected chi connectivity index (χ3v) is 12.3. The SMILES string of the molecule is C=CCN(Cc1ccccc1)C(=O)[C@@H]1[C@@H]2CCC3(S2)C(C(=O)N(CC=C)c2ccc(N(CC)CC)cc2)N([C@@H](CO)CC(C)C)C(=O)[C@H]13. The van der Waals surface area contributed by atoms with Crippen LogP contribution in [-0.2, 0) is 20.9 Å². The number of amides is 3. The first-order valence-electron chi connectivity index (χ1n) is 17.5. The Bertz CT molecular complexity index is 1460. The molecular weight excluding hydrogens is 621 g/mol. The molecule has 0 saturated carbocycles. The normalized spacial score (nSPS) is 24.8. The molecular formula is C39H52N4O4S. The van der Waals surface area contributed by atoms with E-state index in [0.29, 0.717) is 25.9 Å². The van der Waals surface area contributed by atoms with Crippen molar-refractivity contribution in [3.63, 3.8) is 0 Å². The molecule has 6 atom stereocenters. The molecule has 2 unspecified atom stereocenters.